The van der Waals surface area contributed by atoms with Crippen LogP contribution >= 0.6 is 11.6 Å². The summed E-state index contributed by atoms with van der Waals surface area (Å²) in [5, 5.41) is 0.285. The van der Waals surface area contributed by atoms with E-state index in [9.17, 15) is 8.78 Å². The summed E-state index contributed by atoms with van der Waals surface area (Å²) in [5.74, 6) is -1.16. The third-order valence-corrected chi connectivity index (χ3v) is 3.59. The molecule has 2 N–H and O–H groups in total. The zero-order chi connectivity index (χ0) is 15.9. The normalized spacial score (nSPS) is 10.9. The fraction of sp³-hybridized carbons (Fsp3) is 0.0667. The molecule has 0 aliphatic carbocycles. The van der Waals surface area contributed by atoms with Crippen molar-refractivity contribution >= 4 is 28.3 Å². The summed E-state index contributed by atoms with van der Waals surface area (Å²) in [5.41, 5.74) is 6.21. The average molecular weight is 322 g/mol. The van der Waals surface area contributed by atoms with Crippen LogP contribution in [0.5, 0.6) is 5.75 Å². The first-order valence-electron chi connectivity index (χ1n) is 6.25. The Kier molecular flexibility index (Phi) is 3.54. The number of anilines is 1. The monoisotopic (exact) mass is 321 g/mol. The number of halogens is 3. The van der Waals surface area contributed by atoms with Crippen molar-refractivity contribution in [2.75, 3.05) is 12.8 Å². The molecule has 112 valence electrons. The summed E-state index contributed by atoms with van der Waals surface area (Å²) in [6.07, 6.45) is 1.30. The van der Waals surface area contributed by atoms with Crippen LogP contribution in [0, 0.1) is 11.6 Å². The molecule has 0 spiro atoms. The van der Waals surface area contributed by atoms with Crippen molar-refractivity contribution in [3.05, 3.63) is 47.2 Å². The maximum atomic E-state index is 14.3. The van der Waals surface area contributed by atoms with Gasteiger partial charge >= 0.3 is 0 Å². The van der Waals surface area contributed by atoms with Crippen molar-refractivity contribution in [1.29, 1.82) is 0 Å². The summed E-state index contributed by atoms with van der Waals surface area (Å²) in [6.45, 7) is 0. The van der Waals surface area contributed by atoms with Crippen LogP contribution in [-0.2, 0) is 0 Å². The molecule has 4 nitrogen and oxygen atoms in total. The molecule has 3 rings (SSSR count). The summed E-state index contributed by atoms with van der Waals surface area (Å²) in [7, 11) is 1.40. The van der Waals surface area contributed by atoms with E-state index in [2.05, 4.69) is 9.97 Å². The van der Waals surface area contributed by atoms with Gasteiger partial charge in [-0.25, -0.2) is 18.7 Å². The fourth-order valence-corrected chi connectivity index (χ4v) is 2.40. The van der Waals surface area contributed by atoms with Gasteiger partial charge < -0.3 is 10.5 Å². The molecular formula is C15H10ClF2N3O. The highest BCUT2D eigenvalue weighted by molar-refractivity contribution is 6.31. The zero-order valence-corrected chi connectivity index (χ0v) is 12.2. The molecule has 0 aliphatic heterocycles. The summed E-state index contributed by atoms with van der Waals surface area (Å²) in [4.78, 5) is 7.94. The Hall–Kier alpha value is -2.47. The first kappa shape index (κ1) is 14.5. The Morgan fingerprint density at radius 1 is 1.18 bits per heavy atom. The van der Waals surface area contributed by atoms with Crippen molar-refractivity contribution in [3.63, 3.8) is 0 Å². The molecule has 1 heterocycles. The van der Waals surface area contributed by atoms with Crippen LogP contribution in [0.3, 0.4) is 0 Å². The lowest BCUT2D eigenvalue weighted by Crippen LogP contribution is -1.98. The first-order valence-corrected chi connectivity index (χ1v) is 6.62. The van der Waals surface area contributed by atoms with Gasteiger partial charge in [0.1, 0.15) is 23.7 Å². The standard InChI is InChI=1S/C15H10ClF2N3O/c1-22-12-5-11-7(15(19)21-6-20-11)4-8(12)13-10(17)3-2-9(16)14(13)18/h2-6H,1H3,(H2,19,20,21). The molecule has 0 saturated carbocycles. The number of hydrogen-bond acceptors (Lipinski definition) is 4. The van der Waals surface area contributed by atoms with E-state index in [1.807, 2.05) is 0 Å². The van der Waals surface area contributed by atoms with Gasteiger partial charge in [0, 0.05) is 17.0 Å². The maximum absolute atomic E-state index is 14.3. The Morgan fingerprint density at radius 2 is 1.95 bits per heavy atom. The minimum Gasteiger partial charge on any atom is -0.496 e. The van der Waals surface area contributed by atoms with E-state index >= 15 is 0 Å². The highest BCUT2D eigenvalue weighted by atomic mass is 35.5. The Bertz CT molecular complexity index is 886. The van der Waals surface area contributed by atoms with Gasteiger partial charge in [0.15, 0.2) is 5.82 Å². The highest BCUT2D eigenvalue weighted by Crippen LogP contribution is 2.39. The number of benzene rings is 2. The van der Waals surface area contributed by atoms with E-state index < -0.39 is 11.6 Å². The smallest absolute Gasteiger partial charge is 0.152 e. The molecule has 0 radical (unpaired) electrons. The topological polar surface area (TPSA) is 61.0 Å². The Balaban J connectivity index is 2.40. The van der Waals surface area contributed by atoms with Crippen LogP contribution in [0.4, 0.5) is 14.6 Å². The second-order valence-electron chi connectivity index (χ2n) is 4.55. The predicted octanol–water partition coefficient (Wildman–Crippen LogP) is 3.82. The lowest BCUT2D eigenvalue weighted by molar-refractivity contribution is 0.416. The van der Waals surface area contributed by atoms with E-state index in [1.54, 1.807) is 6.07 Å². The van der Waals surface area contributed by atoms with Gasteiger partial charge in [-0.15, -0.1) is 0 Å². The molecule has 0 fully saturated rings. The summed E-state index contributed by atoms with van der Waals surface area (Å²) < 4.78 is 33.6. The van der Waals surface area contributed by atoms with Gasteiger partial charge in [0.25, 0.3) is 0 Å². The van der Waals surface area contributed by atoms with Crippen LogP contribution in [-0.4, -0.2) is 17.1 Å². The molecule has 0 amide bonds. The number of aromatic nitrogens is 2. The molecular weight excluding hydrogens is 312 g/mol. The van der Waals surface area contributed by atoms with E-state index in [0.717, 1.165) is 12.1 Å². The average Bonchev–Trinajstić information content (AvgIpc) is 2.51. The van der Waals surface area contributed by atoms with Crippen molar-refractivity contribution < 1.29 is 13.5 Å². The molecule has 0 aliphatic rings. The Morgan fingerprint density at radius 3 is 2.68 bits per heavy atom. The van der Waals surface area contributed by atoms with Crippen LogP contribution < -0.4 is 10.5 Å². The van der Waals surface area contributed by atoms with Crippen LogP contribution in [0.25, 0.3) is 22.0 Å². The third kappa shape index (κ3) is 2.21. The number of nitrogens with zero attached hydrogens (tertiary/aromatic N) is 2. The molecule has 1 aromatic heterocycles. The molecule has 3 aromatic rings. The van der Waals surface area contributed by atoms with Crippen LogP contribution in [0.15, 0.2) is 30.6 Å². The van der Waals surface area contributed by atoms with Crippen LogP contribution in [0.1, 0.15) is 0 Å². The van der Waals surface area contributed by atoms with E-state index in [4.69, 9.17) is 22.1 Å². The molecule has 0 unspecified atom stereocenters. The van der Waals surface area contributed by atoms with E-state index in [1.165, 1.54) is 19.5 Å². The number of nitrogens with two attached hydrogens (primary N) is 1. The number of ether oxygens (including phenoxy) is 1. The van der Waals surface area contributed by atoms with E-state index in [-0.39, 0.29) is 27.7 Å². The fourth-order valence-electron chi connectivity index (χ4n) is 2.24. The van der Waals surface area contributed by atoms with Crippen molar-refractivity contribution in [3.8, 4) is 16.9 Å². The zero-order valence-electron chi connectivity index (χ0n) is 11.4. The number of fused-ring (bicyclic) bond motifs is 1. The van der Waals surface area contributed by atoms with Gasteiger partial charge in [0.05, 0.1) is 23.2 Å². The predicted molar refractivity (Wildman–Crippen MR) is 80.9 cm³/mol. The first-order chi connectivity index (χ1) is 10.5. The minimum absolute atomic E-state index is 0.184. The molecule has 0 atom stereocenters. The van der Waals surface area contributed by atoms with E-state index in [0.29, 0.717) is 10.9 Å². The van der Waals surface area contributed by atoms with Crippen molar-refractivity contribution in [2.45, 2.75) is 0 Å². The summed E-state index contributed by atoms with van der Waals surface area (Å²) >= 11 is 5.75. The lowest BCUT2D eigenvalue weighted by atomic mass is 10.0. The minimum atomic E-state index is -0.866. The third-order valence-electron chi connectivity index (χ3n) is 3.30. The SMILES string of the molecule is COc1cc2ncnc(N)c2cc1-c1c(F)ccc(Cl)c1F. The van der Waals surface area contributed by atoms with Crippen molar-refractivity contribution in [1.82, 2.24) is 9.97 Å². The number of nitrogen functional groups attached to an aromatic ring is 1. The molecule has 2 aromatic carbocycles. The second kappa shape index (κ2) is 5.38. The van der Waals surface area contributed by atoms with Gasteiger partial charge in [-0.1, -0.05) is 11.6 Å². The van der Waals surface area contributed by atoms with Gasteiger partial charge in [0.2, 0.25) is 0 Å². The molecule has 0 saturated heterocycles. The second-order valence-corrected chi connectivity index (χ2v) is 4.95. The Labute approximate surface area is 129 Å². The molecule has 0 bridgehead atoms. The van der Waals surface area contributed by atoms with Crippen LogP contribution in [0.2, 0.25) is 5.02 Å². The number of rotatable bonds is 2. The van der Waals surface area contributed by atoms with Gasteiger partial charge in [-0.3, -0.25) is 0 Å². The lowest BCUT2D eigenvalue weighted by Gasteiger charge is -2.13. The highest BCUT2D eigenvalue weighted by Gasteiger charge is 2.20. The van der Waals surface area contributed by atoms with Crippen molar-refractivity contribution in [2.24, 2.45) is 0 Å². The molecule has 22 heavy (non-hydrogen) atoms. The number of methoxy groups -OCH3 is 1. The van der Waals surface area contributed by atoms with Gasteiger partial charge in [-0.05, 0) is 18.2 Å². The number of hydrogen-bond donors (Lipinski definition) is 1. The molecule has 7 heteroatoms. The summed E-state index contributed by atoms with van der Waals surface area (Å²) in [6, 6.07) is 5.28. The quantitative estimate of drug-likeness (QED) is 0.729. The largest absolute Gasteiger partial charge is 0.496 e. The van der Waals surface area contributed by atoms with Gasteiger partial charge in [-0.2, -0.15) is 0 Å². The maximum Gasteiger partial charge on any atom is 0.152 e.